The fraction of sp³-hybridized carbons (Fsp3) is 0.533. The van der Waals surface area contributed by atoms with E-state index in [1.54, 1.807) is 12.1 Å². The standard InChI is InChI=1S/C15H22FNO2/c1-5-13(15(18)17-11(4)10(2)3)19-14-9-7-6-8-12(14)16/h6-11,13H,5H2,1-4H3,(H,17,18). The first-order valence-corrected chi connectivity index (χ1v) is 6.67. The molecule has 2 atom stereocenters. The summed E-state index contributed by atoms with van der Waals surface area (Å²) in [6.07, 6.45) is -0.177. The molecule has 0 heterocycles. The van der Waals surface area contributed by atoms with Crippen molar-refractivity contribution >= 4 is 5.91 Å². The highest BCUT2D eigenvalue weighted by atomic mass is 19.1. The molecule has 0 bridgehead atoms. The number of benzene rings is 1. The van der Waals surface area contributed by atoms with Gasteiger partial charge >= 0.3 is 0 Å². The number of amides is 1. The molecule has 1 rings (SSSR count). The van der Waals surface area contributed by atoms with E-state index in [1.165, 1.54) is 12.1 Å². The van der Waals surface area contributed by atoms with E-state index in [0.717, 1.165) is 0 Å². The first-order chi connectivity index (χ1) is 8.95. The molecule has 0 aliphatic heterocycles. The molecule has 1 aromatic carbocycles. The lowest BCUT2D eigenvalue weighted by molar-refractivity contribution is -0.129. The van der Waals surface area contributed by atoms with Gasteiger partial charge in [-0.15, -0.1) is 0 Å². The van der Waals surface area contributed by atoms with Crippen molar-refractivity contribution in [3.05, 3.63) is 30.1 Å². The van der Waals surface area contributed by atoms with E-state index in [1.807, 2.05) is 27.7 Å². The summed E-state index contributed by atoms with van der Waals surface area (Å²) in [5, 5.41) is 2.88. The summed E-state index contributed by atoms with van der Waals surface area (Å²) < 4.78 is 18.9. The Hall–Kier alpha value is -1.58. The maximum atomic E-state index is 13.5. The van der Waals surface area contributed by atoms with E-state index in [9.17, 15) is 9.18 Å². The van der Waals surface area contributed by atoms with Crippen LogP contribution in [0.5, 0.6) is 5.75 Å². The highest BCUT2D eigenvalue weighted by Gasteiger charge is 2.22. The van der Waals surface area contributed by atoms with E-state index >= 15 is 0 Å². The van der Waals surface area contributed by atoms with Gasteiger partial charge in [0, 0.05) is 6.04 Å². The summed E-state index contributed by atoms with van der Waals surface area (Å²) in [7, 11) is 0. The van der Waals surface area contributed by atoms with Crippen LogP contribution in [0.1, 0.15) is 34.1 Å². The summed E-state index contributed by atoms with van der Waals surface area (Å²) in [5.74, 6) is -0.200. The molecule has 2 unspecified atom stereocenters. The highest BCUT2D eigenvalue weighted by Crippen LogP contribution is 2.18. The fourth-order valence-electron chi connectivity index (χ4n) is 1.50. The average Bonchev–Trinajstić information content (AvgIpc) is 2.37. The third kappa shape index (κ3) is 4.54. The molecule has 0 aromatic heterocycles. The largest absolute Gasteiger partial charge is 0.478 e. The second kappa shape index (κ2) is 7.12. The van der Waals surface area contributed by atoms with Gasteiger partial charge in [0.2, 0.25) is 0 Å². The van der Waals surface area contributed by atoms with Gasteiger partial charge in [-0.25, -0.2) is 4.39 Å². The summed E-state index contributed by atoms with van der Waals surface area (Å²) in [6, 6.07) is 6.17. The molecule has 1 aromatic rings. The molecule has 106 valence electrons. The summed E-state index contributed by atoms with van der Waals surface area (Å²) >= 11 is 0. The zero-order valence-corrected chi connectivity index (χ0v) is 11.9. The number of ether oxygens (including phenoxy) is 1. The first kappa shape index (κ1) is 15.5. The Bertz CT molecular complexity index is 420. The molecule has 0 fully saturated rings. The maximum absolute atomic E-state index is 13.5. The van der Waals surface area contributed by atoms with Crippen molar-refractivity contribution in [1.82, 2.24) is 5.32 Å². The van der Waals surface area contributed by atoms with E-state index in [2.05, 4.69) is 5.32 Å². The van der Waals surface area contributed by atoms with Crippen LogP contribution in [0.15, 0.2) is 24.3 Å². The number of hydrogen-bond donors (Lipinski definition) is 1. The first-order valence-electron chi connectivity index (χ1n) is 6.67. The number of para-hydroxylation sites is 1. The molecular formula is C15H22FNO2. The SMILES string of the molecule is CCC(Oc1ccccc1F)C(=O)NC(C)C(C)C. The molecule has 0 saturated carbocycles. The number of nitrogens with one attached hydrogen (secondary N) is 1. The second-order valence-electron chi connectivity index (χ2n) is 4.99. The van der Waals surface area contributed by atoms with Crippen LogP contribution in [0, 0.1) is 11.7 Å². The van der Waals surface area contributed by atoms with Gasteiger partial charge in [-0.2, -0.15) is 0 Å². The third-order valence-electron chi connectivity index (χ3n) is 3.14. The van der Waals surface area contributed by atoms with Crippen LogP contribution < -0.4 is 10.1 Å². The predicted molar refractivity (Wildman–Crippen MR) is 73.5 cm³/mol. The summed E-state index contributed by atoms with van der Waals surface area (Å²) in [5.41, 5.74) is 0. The molecule has 3 nitrogen and oxygen atoms in total. The number of hydrogen-bond acceptors (Lipinski definition) is 2. The lowest BCUT2D eigenvalue weighted by Crippen LogP contribution is -2.44. The van der Waals surface area contributed by atoms with Crippen molar-refractivity contribution in [3.63, 3.8) is 0 Å². The van der Waals surface area contributed by atoms with Crippen LogP contribution in [0.4, 0.5) is 4.39 Å². The molecule has 0 spiro atoms. The molecule has 0 radical (unpaired) electrons. The van der Waals surface area contributed by atoms with Crippen molar-refractivity contribution in [2.75, 3.05) is 0 Å². The maximum Gasteiger partial charge on any atom is 0.261 e. The molecule has 19 heavy (non-hydrogen) atoms. The highest BCUT2D eigenvalue weighted by molar-refractivity contribution is 5.81. The Kier molecular flexibility index (Phi) is 5.80. The van der Waals surface area contributed by atoms with Crippen LogP contribution in [0.3, 0.4) is 0 Å². The Morgan fingerprint density at radius 2 is 1.95 bits per heavy atom. The van der Waals surface area contributed by atoms with Crippen LogP contribution in [-0.2, 0) is 4.79 Å². The molecule has 1 amide bonds. The summed E-state index contributed by atoms with van der Waals surface area (Å²) in [4.78, 5) is 12.0. The minimum Gasteiger partial charge on any atom is -0.478 e. The predicted octanol–water partition coefficient (Wildman–Crippen LogP) is 3.14. The lowest BCUT2D eigenvalue weighted by atomic mass is 10.1. The molecular weight excluding hydrogens is 245 g/mol. The van der Waals surface area contributed by atoms with Crippen molar-refractivity contribution in [1.29, 1.82) is 0 Å². The van der Waals surface area contributed by atoms with Crippen LogP contribution in [0.2, 0.25) is 0 Å². The normalized spacial score (nSPS) is 14.0. The van der Waals surface area contributed by atoms with E-state index in [-0.39, 0.29) is 17.7 Å². The van der Waals surface area contributed by atoms with Gasteiger partial charge in [0.05, 0.1) is 0 Å². The number of rotatable bonds is 6. The van der Waals surface area contributed by atoms with Crippen molar-refractivity contribution in [3.8, 4) is 5.75 Å². The molecule has 0 aliphatic carbocycles. The van der Waals surface area contributed by atoms with Crippen molar-refractivity contribution < 1.29 is 13.9 Å². The zero-order valence-electron chi connectivity index (χ0n) is 11.9. The van der Waals surface area contributed by atoms with Gasteiger partial charge in [0.15, 0.2) is 17.7 Å². The van der Waals surface area contributed by atoms with Gasteiger partial charge in [0.1, 0.15) is 0 Å². The number of carbonyl (C=O) groups excluding carboxylic acids is 1. The van der Waals surface area contributed by atoms with Gasteiger partial charge in [-0.1, -0.05) is 32.9 Å². The number of halogens is 1. The Morgan fingerprint density at radius 3 is 2.47 bits per heavy atom. The van der Waals surface area contributed by atoms with Crippen LogP contribution in [0.25, 0.3) is 0 Å². The molecule has 0 saturated heterocycles. The van der Waals surface area contributed by atoms with Gasteiger partial charge in [-0.05, 0) is 31.4 Å². The Balaban J connectivity index is 2.68. The smallest absolute Gasteiger partial charge is 0.261 e. The van der Waals surface area contributed by atoms with Crippen molar-refractivity contribution in [2.24, 2.45) is 5.92 Å². The average molecular weight is 267 g/mol. The molecule has 0 aliphatic rings. The molecule has 4 heteroatoms. The topological polar surface area (TPSA) is 38.3 Å². The van der Waals surface area contributed by atoms with Gasteiger partial charge in [-0.3, -0.25) is 4.79 Å². The van der Waals surface area contributed by atoms with E-state index < -0.39 is 11.9 Å². The quantitative estimate of drug-likeness (QED) is 0.860. The van der Waals surface area contributed by atoms with Gasteiger partial charge in [0.25, 0.3) is 5.91 Å². The van der Waals surface area contributed by atoms with Crippen LogP contribution in [-0.4, -0.2) is 18.1 Å². The number of carbonyl (C=O) groups is 1. The second-order valence-corrected chi connectivity index (χ2v) is 4.99. The zero-order chi connectivity index (χ0) is 14.4. The monoisotopic (exact) mass is 267 g/mol. The van der Waals surface area contributed by atoms with E-state index in [0.29, 0.717) is 12.3 Å². The lowest BCUT2D eigenvalue weighted by Gasteiger charge is -2.22. The fourth-order valence-corrected chi connectivity index (χ4v) is 1.50. The molecule has 1 N–H and O–H groups in total. The van der Waals surface area contributed by atoms with E-state index in [4.69, 9.17) is 4.74 Å². The Labute approximate surface area is 114 Å². The Morgan fingerprint density at radius 1 is 1.32 bits per heavy atom. The summed E-state index contributed by atoms with van der Waals surface area (Å²) in [6.45, 7) is 7.84. The minimum absolute atomic E-state index is 0.0609. The van der Waals surface area contributed by atoms with Crippen LogP contribution >= 0.6 is 0 Å². The van der Waals surface area contributed by atoms with Crippen molar-refractivity contribution in [2.45, 2.75) is 46.3 Å². The minimum atomic E-state index is -0.668. The van der Waals surface area contributed by atoms with Gasteiger partial charge < -0.3 is 10.1 Å². The third-order valence-corrected chi connectivity index (χ3v) is 3.14.